The van der Waals surface area contributed by atoms with Gasteiger partial charge < -0.3 is 10.1 Å². The number of hydrogen-bond donors (Lipinski definition) is 2. The minimum absolute atomic E-state index is 0.0608. The Hall–Kier alpha value is -2.13. The van der Waals surface area contributed by atoms with Crippen molar-refractivity contribution in [3.05, 3.63) is 58.4 Å². The molecule has 9 heteroatoms. The molecule has 3 N–H and O–H groups in total. The van der Waals surface area contributed by atoms with E-state index in [0.717, 1.165) is 22.1 Å². The Morgan fingerprint density at radius 1 is 1.12 bits per heavy atom. The average molecular weight is 411 g/mol. The van der Waals surface area contributed by atoms with Crippen LogP contribution in [0.25, 0.3) is 10.8 Å². The predicted molar refractivity (Wildman–Crippen MR) is 102 cm³/mol. The van der Waals surface area contributed by atoms with Crippen LogP contribution in [0.15, 0.2) is 52.7 Å². The third kappa shape index (κ3) is 4.34. The van der Waals surface area contributed by atoms with E-state index in [1.165, 1.54) is 6.07 Å². The van der Waals surface area contributed by atoms with Crippen LogP contribution in [-0.2, 0) is 21.4 Å². The van der Waals surface area contributed by atoms with Gasteiger partial charge in [0.2, 0.25) is 10.0 Å². The highest BCUT2D eigenvalue weighted by Gasteiger charge is 2.12. The number of amides is 1. The molecular weight excluding hydrogens is 396 g/mol. The number of carbonyl (C=O) groups is 1. The molecule has 0 unspecified atom stereocenters. The Kier molecular flexibility index (Phi) is 5.47. The Balaban J connectivity index is 1.60. The van der Waals surface area contributed by atoms with E-state index >= 15 is 0 Å². The molecule has 6 nitrogen and oxygen atoms in total. The van der Waals surface area contributed by atoms with Crippen LogP contribution in [0.2, 0.25) is 5.02 Å². The number of ether oxygens (including phenoxy) is 1. The summed E-state index contributed by atoms with van der Waals surface area (Å²) in [6.45, 7) is 0.0305. The summed E-state index contributed by atoms with van der Waals surface area (Å²) >= 11 is 7.17. The van der Waals surface area contributed by atoms with Gasteiger partial charge in [-0.05, 0) is 24.3 Å². The molecule has 1 amide bonds. The molecule has 0 spiro atoms. The lowest BCUT2D eigenvalue weighted by atomic mass is 10.1. The summed E-state index contributed by atoms with van der Waals surface area (Å²) in [6.07, 6.45) is 0. The molecule has 0 saturated carbocycles. The van der Waals surface area contributed by atoms with Gasteiger partial charge in [0.05, 0.1) is 6.54 Å². The molecule has 0 aliphatic rings. The maximum absolute atomic E-state index is 12.0. The van der Waals surface area contributed by atoms with E-state index < -0.39 is 10.0 Å². The van der Waals surface area contributed by atoms with Gasteiger partial charge in [-0.15, -0.1) is 11.3 Å². The molecule has 3 rings (SSSR count). The first-order chi connectivity index (χ1) is 12.3. The minimum Gasteiger partial charge on any atom is -0.483 e. The van der Waals surface area contributed by atoms with Crippen molar-refractivity contribution in [2.45, 2.75) is 10.8 Å². The van der Waals surface area contributed by atoms with Crippen molar-refractivity contribution in [3.8, 4) is 5.75 Å². The summed E-state index contributed by atoms with van der Waals surface area (Å²) in [4.78, 5) is 12.7. The van der Waals surface area contributed by atoms with Crippen molar-refractivity contribution < 1.29 is 17.9 Å². The molecule has 0 aliphatic heterocycles. The molecule has 0 bridgehead atoms. The molecule has 26 heavy (non-hydrogen) atoms. The van der Waals surface area contributed by atoms with Crippen LogP contribution in [0.3, 0.4) is 0 Å². The van der Waals surface area contributed by atoms with Gasteiger partial charge >= 0.3 is 0 Å². The van der Waals surface area contributed by atoms with Crippen molar-refractivity contribution in [3.63, 3.8) is 0 Å². The number of primary sulfonamides is 1. The predicted octanol–water partition coefficient (Wildman–Crippen LogP) is 2.90. The Labute approximate surface area is 159 Å². The van der Waals surface area contributed by atoms with E-state index in [1.807, 2.05) is 24.3 Å². The Bertz CT molecular complexity index is 1060. The van der Waals surface area contributed by atoms with Crippen LogP contribution in [0, 0.1) is 0 Å². The number of nitrogens with two attached hydrogens (primary N) is 1. The molecule has 0 radical (unpaired) electrons. The van der Waals surface area contributed by atoms with E-state index in [9.17, 15) is 13.2 Å². The van der Waals surface area contributed by atoms with Crippen molar-refractivity contribution in [2.75, 3.05) is 6.61 Å². The highest BCUT2D eigenvalue weighted by atomic mass is 35.5. The summed E-state index contributed by atoms with van der Waals surface area (Å²) in [5.41, 5.74) is 0. The van der Waals surface area contributed by atoms with Crippen molar-refractivity contribution >= 4 is 49.6 Å². The quantitative estimate of drug-likeness (QED) is 0.652. The van der Waals surface area contributed by atoms with E-state index in [1.54, 1.807) is 18.2 Å². The van der Waals surface area contributed by atoms with Crippen LogP contribution < -0.4 is 15.2 Å². The molecular formula is C17H15ClN2O4S2. The second kappa shape index (κ2) is 7.63. The zero-order valence-corrected chi connectivity index (χ0v) is 15.8. The second-order valence-corrected chi connectivity index (χ2v) is 8.79. The first-order valence-corrected chi connectivity index (χ1v) is 10.3. The van der Waals surface area contributed by atoms with Crippen LogP contribution in [-0.4, -0.2) is 20.9 Å². The fourth-order valence-corrected chi connectivity index (χ4v) is 4.29. The smallest absolute Gasteiger partial charge is 0.258 e. The van der Waals surface area contributed by atoms with Crippen molar-refractivity contribution in [1.29, 1.82) is 0 Å². The second-order valence-electron chi connectivity index (χ2n) is 5.42. The summed E-state index contributed by atoms with van der Waals surface area (Å²) in [6, 6.07) is 14.0. The van der Waals surface area contributed by atoms with Gasteiger partial charge in [0.1, 0.15) is 9.96 Å². The molecule has 136 valence electrons. The Morgan fingerprint density at radius 2 is 1.85 bits per heavy atom. The first kappa shape index (κ1) is 18.7. The van der Waals surface area contributed by atoms with E-state index in [4.69, 9.17) is 21.5 Å². The third-order valence-electron chi connectivity index (χ3n) is 3.57. The van der Waals surface area contributed by atoms with Gasteiger partial charge in [-0.25, -0.2) is 13.6 Å². The number of sulfonamides is 1. The zero-order chi connectivity index (χ0) is 18.7. The minimum atomic E-state index is -3.72. The van der Waals surface area contributed by atoms with Crippen molar-refractivity contribution in [1.82, 2.24) is 5.32 Å². The normalized spacial score (nSPS) is 11.5. The fourth-order valence-electron chi connectivity index (χ4n) is 2.35. The first-order valence-electron chi connectivity index (χ1n) is 7.53. The zero-order valence-electron chi connectivity index (χ0n) is 13.4. The number of hydrogen-bond acceptors (Lipinski definition) is 5. The van der Waals surface area contributed by atoms with Crippen LogP contribution in [0.1, 0.15) is 4.88 Å². The number of nitrogens with one attached hydrogen (secondary N) is 1. The van der Waals surface area contributed by atoms with Crippen LogP contribution in [0.4, 0.5) is 0 Å². The lowest BCUT2D eigenvalue weighted by molar-refractivity contribution is -0.123. The molecule has 1 aromatic heterocycles. The van der Waals surface area contributed by atoms with Gasteiger partial charge in [0, 0.05) is 20.7 Å². The number of carbonyl (C=O) groups excluding carboxylic acids is 1. The number of rotatable bonds is 6. The maximum Gasteiger partial charge on any atom is 0.258 e. The topological polar surface area (TPSA) is 98.5 Å². The fraction of sp³-hybridized carbons (Fsp3) is 0.118. The lowest BCUT2D eigenvalue weighted by Gasteiger charge is -2.10. The van der Waals surface area contributed by atoms with Crippen LogP contribution >= 0.6 is 22.9 Å². The standard InChI is InChI=1S/C17H15ClN2O4S2/c18-14-6-7-15(13-4-2-1-3-12(13)14)24-10-16(21)20-9-11-5-8-17(25-11)26(19,22)23/h1-8H,9-10H2,(H,20,21)(H2,19,22,23). The van der Waals surface area contributed by atoms with E-state index in [2.05, 4.69) is 5.32 Å². The maximum atomic E-state index is 12.0. The van der Waals surface area contributed by atoms with Gasteiger partial charge in [0.25, 0.3) is 5.91 Å². The monoisotopic (exact) mass is 410 g/mol. The van der Waals surface area contributed by atoms with E-state index in [-0.39, 0.29) is 23.3 Å². The van der Waals surface area contributed by atoms with Gasteiger partial charge in [-0.3, -0.25) is 4.79 Å². The largest absolute Gasteiger partial charge is 0.483 e. The van der Waals surface area contributed by atoms with Crippen LogP contribution in [0.5, 0.6) is 5.75 Å². The third-order valence-corrected chi connectivity index (χ3v) is 6.42. The molecule has 1 heterocycles. The van der Waals surface area contributed by atoms with Gasteiger partial charge in [-0.1, -0.05) is 35.9 Å². The summed E-state index contributed by atoms with van der Waals surface area (Å²) < 4.78 is 28.2. The molecule has 0 saturated heterocycles. The molecule has 2 aromatic carbocycles. The van der Waals surface area contributed by atoms with E-state index in [0.29, 0.717) is 15.6 Å². The number of benzene rings is 2. The highest BCUT2D eigenvalue weighted by molar-refractivity contribution is 7.91. The number of fused-ring (bicyclic) bond motifs is 1. The molecule has 0 atom stereocenters. The summed E-state index contributed by atoms with van der Waals surface area (Å²) in [7, 11) is -3.72. The number of thiophene rings is 1. The highest BCUT2D eigenvalue weighted by Crippen LogP contribution is 2.31. The molecule has 0 fully saturated rings. The van der Waals surface area contributed by atoms with Gasteiger partial charge in [-0.2, -0.15) is 0 Å². The molecule has 0 aliphatic carbocycles. The lowest BCUT2D eigenvalue weighted by Crippen LogP contribution is -2.28. The summed E-state index contributed by atoms with van der Waals surface area (Å²) in [5, 5.41) is 10.0. The summed E-state index contributed by atoms with van der Waals surface area (Å²) in [5.74, 6) is 0.238. The average Bonchev–Trinajstić information content (AvgIpc) is 3.09. The van der Waals surface area contributed by atoms with Crippen molar-refractivity contribution in [2.24, 2.45) is 5.14 Å². The molecule has 3 aromatic rings. The Morgan fingerprint density at radius 3 is 2.54 bits per heavy atom. The van der Waals surface area contributed by atoms with Gasteiger partial charge in [0.15, 0.2) is 6.61 Å². The number of halogens is 1. The SMILES string of the molecule is NS(=O)(=O)c1ccc(CNC(=O)COc2ccc(Cl)c3ccccc23)s1.